The molecular formula is C23H27FN2O3. The molecule has 2 atom stereocenters. The van der Waals surface area contributed by atoms with Crippen molar-refractivity contribution in [3.8, 4) is 5.75 Å². The van der Waals surface area contributed by atoms with E-state index < -0.39 is 0 Å². The number of methoxy groups -OCH3 is 1. The van der Waals surface area contributed by atoms with Gasteiger partial charge in [-0.25, -0.2) is 4.39 Å². The van der Waals surface area contributed by atoms with Crippen LogP contribution < -0.4 is 10.1 Å². The molecule has 0 radical (unpaired) electrons. The monoisotopic (exact) mass is 398 g/mol. The Bertz CT molecular complexity index is 853. The standard InChI is InChI=1S/C23H27FN2O3/c1-3-4-12-25-22(27)21-15-26(14-20(21)16-8-10-18(24)11-9-16)23(28)17-6-5-7-19(13-17)29-2/h5-11,13,20-21H,3-4,12,14-15H2,1-2H3,(H,25,27)/t20-,21+/m0/s1. The van der Waals surface area contributed by atoms with Gasteiger partial charge in [-0.3, -0.25) is 9.59 Å². The fourth-order valence-electron chi connectivity index (χ4n) is 3.74. The number of nitrogens with zero attached hydrogens (tertiary/aromatic N) is 1. The minimum atomic E-state index is -0.369. The van der Waals surface area contributed by atoms with Gasteiger partial charge in [0.25, 0.3) is 5.91 Å². The first-order chi connectivity index (χ1) is 14.0. The molecule has 6 heteroatoms. The van der Waals surface area contributed by atoms with Gasteiger partial charge >= 0.3 is 0 Å². The Kier molecular flexibility index (Phi) is 6.86. The van der Waals surface area contributed by atoms with Crippen molar-refractivity contribution in [3.05, 3.63) is 65.5 Å². The maximum absolute atomic E-state index is 13.4. The van der Waals surface area contributed by atoms with Crippen molar-refractivity contribution in [3.63, 3.8) is 0 Å². The Morgan fingerprint density at radius 3 is 2.62 bits per heavy atom. The van der Waals surface area contributed by atoms with Crippen LogP contribution in [0.5, 0.6) is 5.75 Å². The third-order valence-electron chi connectivity index (χ3n) is 5.39. The number of hydrogen-bond donors (Lipinski definition) is 1. The molecule has 0 bridgehead atoms. The molecule has 0 aliphatic carbocycles. The Hall–Kier alpha value is -2.89. The van der Waals surface area contributed by atoms with E-state index in [1.807, 2.05) is 0 Å². The van der Waals surface area contributed by atoms with E-state index in [4.69, 9.17) is 4.74 Å². The van der Waals surface area contributed by atoms with E-state index in [0.29, 0.717) is 30.9 Å². The molecule has 0 aromatic heterocycles. The SMILES string of the molecule is CCCCNC(=O)[C@@H]1CN(C(=O)c2cccc(OC)c2)C[C@H]1c1ccc(F)cc1. The summed E-state index contributed by atoms with van der Waals surface area (Å²) in [5, 5.41) is 2.98. The Morgan fingerprint density at radius 1 is 1.17 bits per heavy atom. The van der Waals surface area contributed by atoms with Crippen molar-refractivity contribution < 1.29 is 18.7 Å². The van der Waals surface area contributed by atoms with Crippen LogP contribution in [0.3, 0.4) is 0 Å². The zero-order chi connectivity index (χ0) is 20.8. The maximum atomic E-state index is 13.4. The summed E-state index contributed by atoms with van der Waals surface area (Å²) in [6.45, 7) is 3.42. The molecular weight excluding hydrogens is 371 g/mol. The molecule has 1 aliphatic heterocycles. The van der Waals surface area contributed by atoms with Crippen LogP contribution in [0.2, 0.25) is 0 Å². The average molecular weight is 398 g/mol. The number of likely N-dealkylation sites (tertiary alicyclic amines) is 1. The van der Waals surface area contributed by atoms with Crippen LogP contribution in [0.15, 0.2) is 48.5 Å². The third kappa shape index (κ3) is 4.94. The molecule has 1 fully saturated rings. The maximum Gasteiger partial charge on any atom is 0.254 e. The highest BCUT2D eigenvalue weighted by atomic mass is 19.1. The number of halogens is 1. The number of amides is 2. The van der Waals surface area contributed by atoms with E-state index in [0.717, 1.165) is 18.4 Å². The highest BCUT2D eigenvalue weighted by Crippen LogP contribution is 2.34. The molecule has 2 amide bonds. The van der Waals surface area contributed by atoms with Gasteiger partial charge in [0.05, 0.1) is 13.0 Å². The average Bonchev–Trinajstić information content (AvgIpc) is 3.19. The molecule has 3 rings (SSSR count). The molecule has 1 aliphatic rings. The van der Waals surface area contributed by atoms with E-state index >= 15 is 0 Å². The van der Waals surface area contributed by atoms with Crippen molar-refractivity contribution in [2.45, 2.75) is 25.7 Å². The molecule has 2 aromatic rings. The van der Waals surface area contributed by atoms with Crippen molar-refractivity contribution in [2.75, 3.05) is 26.7 Å². The first-order valence-electron chi connectivity index (χ1n) is 10.00. The van der Waals surface area contributed by atoms with E-state index in [1.165, 1.54) is 12.1 Å². The number of hydrogen-bond acceptors (Lipinski definition) is 3. The van der Waals surface area contributed by atoms with Gasteiger partial charge in [0.1, 0.15) is 11.6 Å². The first-order valence-corrected chi connectivity index (χ1v) is 10.00. The normalized spacial score (nSPS) is 18.5. The summed E-state index contributed by atoms with van der Waals surface area (Å²) in [5.74, 6) is -0.453. The predicted octanol–water partition coefficient (Wildman–Crippen LogP) is 3.61. The Balaban J connectivity index is 1.82. The summed E-state index contributed by atoms with van der Waals surface area (Å²) < 4.78 is 18.6. The summed E-state index contributed by atoms with van der Waals surface area (Å²) in [7, 11) is 1.56. The van der Waals surface area contributed by atoms with Crippen LogP contribution in [0, 0.1) is 11.7 Å². The molecule has 0 spiro atoms. The van der Waals surface area contributed by atoms with Gasteiger partial charge in [0.2, 0.25) is 5.91 Å². The Labute approximate surface area is 170 Å². The zero-order valence-electron chi connectivity index (χ0n) is 16.9. The van der Waals surface area contributed by atoms with Gasteiger partial charge in [-0.05, 0) is 42.3 Å². The van der Waals surface area contributed by atoms with Crippen LogP contribution in [0.25, 0.3) is 0 Å². The van der Waals surface area contributed by atoms with Crippen LogP contribution in [-0.4, -0.2) is 43.5 Å². The number of rotatable bonds is 7. The van der Waals surface area contributed by atoms with Crippen molar-refractivity contribution >= 4 is 11.8 Å². The van der Waals surface area contributed by atoms with Crippen LogP contribution >= 0.6 is 0 Å². The molecule has 0 saturated carbocycles. The van der Waals surface area contributed by atoms with Gasteiger partial charge < -0.3 is 15.0 Å². The Morgan fingerprint density at radius 2 is 1.93 bits per heavy atom. The van der Waals surface area contributed by atoms with Crippen LogP contribution in [0.1, 0.15) is 41.6 Å². The summed E-state index contributed by atoms with van der Waals surface area (Å²) in [6, 6.07) is 13.2. The van der Waals surface area contributed by atoms with Gasteiger partial charge in [-0.2, -0.15) is 0 Å². The minimum Gasteiger partial charge on any atom is -0.497 e. The summed E-state index contributed by atoms with van der Waals surface area (Å²) in [6.07, 6.45) is 1.90. The molecule has 0 unspecified atom stereocenters. The first kappa shape index (κ1) is 20.8. The molecule has 5 nitrogen and oxygen atoms in total. The second kappa shape index (κ2) is 9.54. The van der Waals surface area contributed by atoms with Crippen molar-refractivity contribution in [1.29, 1.82) is 0 Å². The fourth-order valence-corrected chi connectivity index (χ4v) is 3.74. The lowest BCUT2D eigenvalue weighted by Gasteiger charge is -2.18. The largest absolute Gasteiger partial charge is 0.497 e. The highest BCUT2D eigenvalue weighted by molar-refractivity contribution is 5.95. The third-order valence-corrected chi connectivity index (χ3v) is 5.39. The molecule has 1 N–H and O–H groups in total. The summed E-state index contributed by atoms with van der Waals surface area (Å²) in [4.78, 5) is 27.6. The van der Waals surface area contributed by atoms with Gasteiger partial charge in [0, 0.05) is 31.1 Å². The second-order valence-electron chi connectivity index (χ2n) is 7.35. The summed E-state index contributed by atoms with van der Waals surface area (Å²) >= 11 is 0. The zero-order valence-corrected chi connectivity index (χ0v) is 16.9. The van der Waals surface area contributed by atoms with E-state index in [9.17, 15) is 14.0 Å². The van der Waals surface area contributed by atoms with Gasteiger partial charge in [-0.1, -0.05) is 31.5 Å². The fraction of sp³-hybridized carbons (Fsp3) is 0.391. The quantitative estimate of drug-likeness (QED) is 0.725. The molecule has 1 saturated heterocycles. The number of benzene rings is 2. The van der Waals surface area contributed by atoms with E-state index in [1.54, 1.807) is 48.4 Å². The number of ether oxygens (including phenoxy) is 1. The van der Waals surface area contributed by atoms with Crippen LogP contribution in [0.4, 0.5) is 4.39 Å². The number of carbonyl (C=O) groups is 2. The molecule has 1 heterocycles. The van der Waals surface area contributed by atoms with Crippen molar-refractivity contribution in [2.24, 2.45) is 5.92 Å². The number of unbranched alkanes of at least 4 members (excludes halogenated alkanes) is 1. The molecule has 2 aromatic carbocycles. The molecule has 29 heavy (non-hydrogen) atoms. The smallest absolute Gasteiger partial charge is 0.254 e. The lowest BCUT2D eigenvalue weighted by Crippen LogP contribution is -2.36. The van der Waals surface area contributed by atoms with Gasteiger partial charge in [-0.15, -0.1) is 0 Å². The number of carbonyl (C=O) groups excluding carboxylic acids is 2. The predicted molar refractivity (Wildman–Crippen MR) is 109 cm³/mol. The minimum absolute atomic E-state index is 0.0614. The highest BCUT2D eigenvalue weighted by Gasteiger charge is 2.40. The lowest BCUT2D eigenvalue weighted by atomic mass is 9.88. The molecule has 154 valence electrons. The summed E-state index contributed by atoms with van der Waals surface area (Å²) in [5.41, 5.74) is 1.39. The van der Waals surface area contributed by atoms with Crippen molar-refractivity contribution in [1.82, 2.24) is 10.2 Å². The second-order valence-corrected chi connectivity index (χ2v) is 7.35. The van der Waals surface area contributed by atoms with Gasteiger partial charge in [0.15, 0.2) is 0 Å². The lowest BCUT2D eigenvalue weighted by molar-refractivity contribution is -0.124. The van der Waals surface area contributed by atoms with E-state index in [-0.39, 0.29) is 29.5 Å². The van der Waals surface area contributed by atoms with Crippen LogP contribution in [-0.2, 0) is 4.79 Å². The topological polar surface area (TPSA) is 58.6 Å². The van der Waals surface area contributed by atoms with E-state index in [2.05, 4.69) is 12.2 Å². The number of nitrogens with one attached hydrogen (secondary N) is 1.